The molecule has 1 aliphatic rings. The van der Waals surface area contributed by atoms with E-state index in [1.807, 2.05) is 0 Å². The molecule has 14 heteroatoms. The molecule has 0 unspecified atom stereocenters. The van der Waals surface area contributed by atoms with Crippen molar-refractivity contribution in [2.45, 2.75) is 29.3 Å². The number of hydrogen-bond acceptors (Lipinski definition) is 8. The van der Waals surface area contributed by atoms with Gasteiger partial charge in [-0.05, 0) is 19.1 Å². The van der Waals surface area contributed by atoms with Crippen molar-refractivity contribution in [2.24, 2.45) is 0 Å². The number of aliphatic hydroxyl groups is 1. The van der Waals surface area contributed by atoms with Crippen LogP contribution >= 0.6 is 11.3 Å². The van der Waals surface area contributed by atoms with Crippen LogP contribution in [0.5, 0.6) is 0 Å². The van der Waals surface area contributed by atoms with E-state index in [2.05, 4.69) is 0 Å². The molecule has 0 saturated carbocycles. The number of anilines is 1. The van der Waals surface area contributed by atoms with Gasteiger partial charge in [0, 0.05) is 0 Å². The fourth-order valence-electron chi connectivity index (χ4n) is 2.74. The minimum Gasteiger partial charge on any atom is -0.373 e. The fraction of sp³-hybridized carbons (Fsp3) is 0.250. The standard InChI is InChI=1S/C16H11F3N2O7S2/c1-15(24,16(17,18)19)14(23)20-8-3-2-4-10-11(8)12(22)13-7(6-30(10,27)28)9(5-29-13)21(25)26/h2-5,24H,6H2,1H3,(H,20,23)/t15-/m0/s1. The van der Waals surface area contributed by atoms with Gasteiger partial charge >= 0.3 is 6.18 Å². The first-order valence-electron chi connectivity index (χ1n) is 7.94. The molecular weight excluding hydrogens is 453 g/mol. The van der Waals surface area contributed by atoms with Gasteiger partial charge in [-0.2, -0.15) is 13.2 Å². The lowest BCUT2D eigenvalue weighted by Gasteiger charge is -2.25. The number of sulfone groups is 1. The van der Waals surface area contributed by atoms with Crippen LogP contribution in [0.1, 0.15) is 27.7 Å². The maximum atomic E-state index is 13.0. The Kier molecular flexibility index (Phi) is 4.99. The molecule has 0 spiro atoms. The van der Waals surface area contributed by atoms with Crippen molar-refractivity contribution in [3.8, 4) is 0 Å². The topological polar surface area (TPSA) is 144 Å². The van der Waals surface area contributed by atoms with Crippen LogP contribution in [0.4, 0.5) is 24.5 Å². The van der Waals surface area contributed by atoms with E-state index in [9.17, 15) is 46.4 Å². The first-order chi connectivity index (χ1) is 13.7. The Hall–Kier alpha value is -2.84. The summed E-state index contributed by atoms with van der Waals surface area (Å²) in [6.07, 6.45) is -5.35. The largest absolute Gasteiger partial charge is 0.426 e. The van der Waals surface area contributed by atoms with Crippen LogP contribution in [0.25, 0.3) is 0 Å². The summed E-state index contributed by atoms with van der Waals surface area (Å²) in [6.45, 7) is 0.198. The molecule has 0 radical (unpaired) electrons. The van der Waals surface area contributed by atoms with Gasteiger partial charge in [0.05, 0.1) is 42.6 Å². The lowest BCUT2D eigenvalue weighted by atomic mass is 10.0. The summed E-state index contributed by atoms with van der Waals surface area (Å²) in [7, 11) is -4.33. The molecule has 160 valence electrons. The van der Waals surface area contributed by atoms with Gasteiger partial charge in [0.15, 0.2) is 9.84 Å². The number of halogens is 3. The third kappa shape index (κ3) is 3.36. The molecule has 0 saturated heterocycles. The Balaban J connectivity index is 2.19. The maximum Gasteiger partial charge on any atom is 0.426 e. The molecule has 2 aromatic rings. The first-order valence-corrected chi connectivity index (χ1v) is 10.5. The number of alkyl halides is 3. The summed E-state index contributed by atoms with van der Waals surface area (Å²) >= 11 is 0.606. The number of carbonyl (C=O) groups excluding carboxylic acids is 2. The molecule has 0 bridgehead atoms. The van der Waals surface area contributed by atoms with Crippen molar-refractivity contribution in [1.82, 2.24) is 0 Å². The average molecular weight is 464 g/mol. The highest BCUT2D eigenvalue weighted by Crippen LogP contribution is 2.40. The van der Waals surface area contributed by atoms with Crippen LogP contribution in [0.3, 0.4) is 0 Å². The number of rotatable bonds is 3. The third-order valence-electron chi connectivity index (χ3n) is 4.44. The summed E-state index contributed by atoms with van der Waals surface area (Å²) in [5.74, 6) is -3.82. The van der Waals surface area contributed by atoms with E-state index in [-0.39, 0.29) is 17.4 Å². The quantitative estimate of drug-likeness (QED) is 0.524. The lowest BCUT2D eigenvalue weighted by Crippen LogP contribution is -2.52. The number of ketones is 1. The highest BCUT2D eigenvalue weighted by Gasteiger charge is 2.56. The van der Waals surface area contributed by atoms with E-state index in [4.69, 9.17) is 0 Å². The van der Waals surface area contributed by atoms with Crippen molar-refractivity contribution >= 4 is 44.2 Å². The van der Waals surface area contributed by atoms with Crippen molar-refractivity contribution in [3.63, 3.8) is 0 Å². The second kappa shape index (κ2) is 6.85. The number of nitrogens with zero attached hydrogens (tertiary/aromatic N) is 1. The molecule has 1 aliphatic heterocycles. The van der Waals surface area contributed by atoms with Gasteiger partial charge < -0.3 is 10.4 Å². The molecule has 3 rings (SSSR count). The van der Waals surface area contributed by atoms with Gasteiger partial charge in [0.2, 0.25) is 11.4 Å². The Morgan fingerprint density at radius 1 is 1.33 bits per heavy atom. The zero-order chi connectivity index (χ0) is 22.6. The van der Waals surface area contributed by atoms with Gasteiger partial charge in [0.25, 0.3) is 11.6 Å². The molecule has 1 aromatic heterocycles. The fourth-order valence-corrected chi connectivity index (χ4v) is 5.44. The molecular formula is C16H11F3N2O7S2. The number of thiophene rings is 1. The molecule has 0 fully saturated rings. The normalized spacial score (nSPS) is 17.3. The predicted octanol–water partition coefficient (Wildman–Crippen LogP) is 2.43. The van der Waals surface area contributed by atoms with E-state index in [0.717, 1.165) is 23.6 Å². The lowest BCUT2D eigenvalue weighted by molar-refractivity contribution is -0.385. The zero-order valence-corrected chi connectivity index (χ0v) is 16.4. The first kappa shape index (κ1) is 21.9. The van der Waals surface area contributed by atoms with E-state index in [1.54, 1.807) is 5.32 Å². The number of benzene rings is 1. The van der Waals surface area contributed by atoms with Crippen LogP contribution in [-0.2, 0) is 20.4 Å². The van der Waals surface area contributed by atoms with E-state index in [0.29, 0.717) is 11.3 Å². The third-order valence-corrected chi connectivity index (χ3v) is 7.13. The SMILES string of the molecule is C[C@](O)(C(=O)Nc1cccc2c1C(=O)c1scc([N+](=O)[O-])c1CS2(=O)=O)C(F)(F)F. The highest BCUT2D eigenvalue weighted by molar-refractivity contribution is 7.90. The number of hydrogen-bond donors (Lipinski definition) is 2. The Morgan fingerprint density at radius 3 is 2.53 bits per heavy atom. The van der Waals surface area contributed by atoms with Crippen LogP contribution in [0.2, 0.25) is 0 Å². The number of amides is 1. The number of fused-ring (bicyclic) bond motifs is 2. The Bertz CT molecular complexity index is 1200. The van der Waals surface area contributed by atoms with Gasteiger partial charge in [0.1, 0.15) is 0 Å². The summed E-state index contributed by atoms with van der Waals surface area (Å²) < 4.78 is 64.3. The van der Waals surface area contributed by atoms with Crippen LogP contribution in [-0.4, -0.2) is 41.9 Å². The number of nitro groups is 1. The van der Waals surface area contributed by atoms with Crippen LogP contribution in [0.15, 0.2) is 28.5 Å². The molecule has 2 heterocycles. The molecule has 9 nitrogen and oxygen atoms in total. The van der Waals surface area contributed by atoms with Crippen LogP contribution < -0.4 is 5.32 Å². The number of carbonyl (C=O) groups is 2. The molecule has 1 amide bonds. The number of nitrogens with one attached hydrogen (secondary N) is 1. The average Bonchev–Trinajstić information content (AvgIpc) is 2.99. The van der Waals surface area contributed by atoms with E-state index >= 15 is 0 Å². The Morgan fingerprint density at radius 2 is 1.97 bits per heavy atom. The van der Waals surface area contributed by atoms with Crippen molar-refractivity contribution < 1.29 is 41.2 Å². The highest BCUT2D eigenvalue weighted by atomic mass is 32.2. The summed E-state index contributed by atoms with van der Waals surface area (Å²) in [4.78, 5) is 34.5. The van der Waals surface area contributed by atoms with Gasteiger partial charge in [-0.1, -0.05) is 6.07 Å². The van der Waals surface area contributed by atoms with E-state index < -0.39 is 65.8 Å². The maximum absolute atomic E-state index is 13.0. The minimum atomic E-state index is -5.35. The van der Waals surface area contributed by atoms with Crippen molar-refractivity contribution in [3.05, 3.63) is 49.7 Å². The monoisotopic (exact) mass is 464 g/mol. The molecule has 2 N–H and O–H groups in total. The molecule has 1 aromatic carbocycles. The second-order valence-corrected chi connectivity index (χ2v) is 9.31. The molecule has 0 aliphatic carbocycles. The van der Waals surface area contributed by atoms with Gasteiger partial charge in [-0.3, -0.25) is 19.7 Å². The van der Waals surface area contributed by atoms with Crippen LogP contribution in [0, 0.1) is 10.1 Å². The second-order valence-electron chi connectivity index (χ2n) is 6.48. The summed E-state index contributed by atoms with van der Waals surface area (Å²) in [6, 6.07) is 3.07. The van der Waals surface area contributed by atoms with Gasteiger partial charge in [-0.15, -0.1) is 11.3 Å². The van der Waals surface area contributed by atoms with Crippen molar-refractivity contribution in [1.29, 1.82) is 0 Å². The zero-order valence-electron chi connectivity index (χ0n) is 14.8. The summed E-state index contributed by atoms with van der Waals surface area (Å²) in [5.41, 5.74) is -5.97. The summed E-state index contributed by atoms with van der Waals surface area (Å²) in [5, 5.41) is 23.4. The Labute approximate surface area is 170 Å². The predicted molar refractivity (Wildman–Crippen MR) is 97.0 cm³/mol. The van der Waals surface area contributed by atoms with Crippen molar-refractivity contribution in [2.75, 3.05) is 5.32 Å². The minimum absolute atomic E-state index is 0.198. The van der Waals surface area contributed by atoms with E-state index in [1.165, 1.54) is 0 Å². The van der Waals surface area contributed by atoms with Gasteiger partial charge in [-0.25, -0.2) is 8.42 Å². The molecule has 1 atom stereocenters. The molecule has 30 heavy (non-hydrogen) atoms. The smallest absolute Gasteiger partial charge is 0.373 e.